The van der Waals surface area contributed by atoms with Gasteiger partial charge in [-0.15, -0.1) is 0 Å². The highest BCUT2D eigenvalue weighted by atomic mass is 35.5. The number of rotatable bonds is 7. The Morgan fingerprint density at radius 2 is 1.97 bits per heavy atom. The number of hydrogen-bond acceptors (Lipinski definition) is 3. The first-order chi connectivity index (χ1) is 14.4. The standard InChI is InChI=1S/C23H26ClN3O3/c1-3-15(2)26-23(30)17-7-4-6-16(10-17)13-25-22(29)18-11-21(28)27(14-18)20-9-5-8-19(24)12-20/h4-10,12,15,18H,3,11,13-14H2,1-2H3,(H,25,29)(H,26,30). The van der Waals surface area contributed by atoms with Crippen molar-refractivity contribution >= 4 is 35.0 Å². The lowest BCUT2D eigenvalue weighted by Gasteiger charge is -2.17. The van der Waals surface area contributed by atoms with Crippen LogP contribution in [0.4, 0.5) is 5.69 Å². The average molecular weight is 428 g/mol. The Morgan fingerprint density at radius 3 is 2.70 bits per heavy atom. The largest absolute Gasteiger partial charge is 0.352 e. The lowest BCUT2D eigenvalue weighted by atomic mass is 10.1. The number of carbonyl (C=O) groups excluding carboxylic acids is 3. The Bertz CT molecular complexity index is 947. The van der Waals surface area contributed by atoms with Crippen LogP contribution in [0.15, 0.2) is 48.5 Å². The van der Waals surface area contributed by atoms with Crippen molar-refractivity contribution in [3.8, 4) is 0 Å². The van der Waals surface area contributed by atoms with E-state index in [-0.39, 0.29) is 30.2 Å². The van der Waals surface area contributed by atoms with Gasteiger partial charge in [0.25, 0.3) is 5.91 Å². The lowest BCUT2D eigenvalue weighted by molar-refractivity contribution is -0.126. The molecule has 0 aliphatic carbocycles. The predicted molar refractivity (Wildman–Crippen MR) is 117 cm³/mol. The maximum absolute atomic E-state index is 12.6. The normalized spacial score (nSPS) is 17.0. The van der Waals surface area contributed by atoms with E-state index in [2.05, 4.69) is 10.6 Å². The molecule has 2 N–H and O–H groups in total. The second kappa shape index (κ2) is 9.76. The molecule has 2 atom stereocenters. The molecule has 2 aromatic rings. The Morgan fingerprint density at radius 1 is 1.20 bits per heavy atom. The average Bonchev–Trinajstić information content (AvgIpc) is 3.13. The fraction of sp³-hybridized carbons (Fsp3) is 0.348. The zero-order chi connectivity index (χ0) is 21.7. The van der Waals surface area contributed by atoms with Crippen molar-refractivity contribution in [1.82, 2.24) is 10.6 Å². The molecule has 0 bridgehead atoms. The van der Waals surface area contributed by atoms with Crippen molar-refractivity contribution in [2.75, 3.05) is 11.4 Å². The molecule has 7 heteroatoms. The monoisotopic (exact) mass is 427 g/mol. The van der Waals surface area contributed by atoms with Gasteiger partial charge in [-0.2, -0.15) is 0 Å². The first-order valence-electron chi connectivity index (χ1n) is 10.1. The zero-order valence-electron chi connectivity index (χ0n) is 17.2. The molecule has 30 heavy (non-hydrogen) atoms. The van der Waals surface area contributed by atoms with Crippen molar-refractivity contribution in [3.05, 3.63) is 64.7 Å². The Labute approximate surface area is 181 Å². The SMILES string of the molecule is CCC(C)NC(=O)c1cccc(CNC(=O)C2CC(=O)N(c3cccc(Cl)c3)C2)c1. The highest BCUT2D eigenvalue weighted by Crippen LogP contribution is 2.27. The molecule has 6 nitrogen and oxygen atoms in total. The van der Waals surface area contributed by atoms with Gasteiger partial charge in [-0.1, -0.05) is 36.7 Å². The lowest BCUT2D eigenvalue weighted by Crippen LogP contribution is -2.33. The molecule has 0 spiro atoms. The summed E-state index contributed by atoms with van der Waals surface area (Å²) in [6.45, 7) is 4.59. The number of carbonyl (C=O) groups is 3. The molecule has 1 fully saturated rings. The van der Waals surface area contributed by atoms with Crippen LogP contribution in [0.5, 0.6) is 0 Å². The molecule has 1 aliphatic rings. The maximum Gasteiger partial charge on any atom is 0.251 e. The summed E-state index contributed by atoms with van der Waals surface area (Å²) in [4.78, 5) is 38.9. The molecule has 1 aliphatic heterocycles. The van der Waals surface area contributed by atoms with Gasteiger partial charge in [0.1, 0.15) is 0 Å². The summed E-state index contributed by atoms with van der Waals surface area (Å²) in [7, 11) is 0. The predicted octanol–water partition coefficient (Wildman–Crippen LogP) is 3.54. The number of benzene rings is 2. The van der Waals surface area contributed by atoms with Crippen molar-refractivity contribution in [2.24, 2.45) is 5.92 Å². The third-order valence-electron chi connectivity index (χ3n) is 5.26. The van der Waals surface area contributed by atoms with E-state index in [0.717, 1.165) is 12.0 Å². The van der Waals surface area contributed by atoms with Crippen molar-refractivity contribution in [3.63, 3.8) is 0 Å². The third kappa shape index (κ3) is 5.39. The molecule has 0 aromatic heterocycles. The minimum atomic E-state index is -0.423. The van der Waals surface area contributed by atoms with Crippen LogP contribution in [0.1, 0.15) is 42.6 Å². The molecule has 1 saturated heterocycles. The molecule has 3 rings (SSSR count). The highest BCUT2D eigenvalue weighted by Gasteiger charge is 2.35. The number of halogens is 1. The summed E-state index contributed by atoms with van der Waals surface area (Å²) >= 11 is 6.01. The van der Waals surface area contributed by atoms with Gasteiger partial charge in [0.15, 0.2) is 0 Å². The number of nitrogens with one attached hydrogen (secondary N) is 2. The van der Waals surface area contributed by atoms with Gasteiger partial charge in [-0.25, -0.2) is 0 Å². The number of anilines is 1. The van der Waals surface area contributed by atoms with Crippen LogP contribution >= 0.6 is 11.6 Å². The van der Waals surface area contributed by atoms with Crippen molar-refractivity contribution in [2.45, 2.75) is 39.3 Å². The van der Waals surface area contributed by atoms with E-state index in [1.807, 2.05) is 19.9 Å². The van der Waals surface area contributed by atoms with E-state index < -0.39 is 5.92 Å². The fourth-order valence-electron chi connectivity index (χ4n) is 3.34. The number of nitrogens with zero attached hydrogens (tertiary/aromatic N) is 1. The van der Waals surface area contributed by atoms with Crippen LogP contribution in [0.25, 0.3) is 0 Å². The molecular weight excluding hydrogens is 402 g/mol. The summed E-state index contributed by atoms with van der Waals surface area (Å²) < 4.78 is 0. The van der Waals surface area contributed by atoms with Crippen molar-refractivity contribution in [1.29, 1.82) is 0 Å². The van der Waals surface area contributed by atoms with E-state index in [9.17, 15) is 14.4 Å². The summed E-state index contributed by atoms with van der Waals surface area (Å²) in [5.41, 5.74) is 2.09. The summed E-state index contributed by atoms with van der Waals surface area (Å²) in [6, 6.07) is 14.3. The Kier molecular flexibility index (Phi) is 7.11. The first-order valence-corrected chi connectivity index (χ1v) is 10.5. The zero-order valence-corrected chi connectivity index (χ0v) is 17.9. The molecule has 2 aromatic carbocycles. The van der Waals surface area contributed by atoms with Crippen LogP contribution in [-0.2, 0) is 16.1 Å². The second-order valence-corrected chi connectivity index (χ2v) is 8.02. The molecule has 3 amide bonds. The first kappa shape index (κ1) is 21.8. The minimum absolute atomic E-state index is 0.0962. The van der Waals surface area contributed by atoms with E-state index in [1.54, 1.807) is 47.4 Å². The van der Waals surface area contributed by atoms with Crippen LogP contribution in [0.2, 0.25) is 5.02 Å². The topological polar surface area (TPSA) is 78.5 Å². The van der Waals surface area contributed by atoms with Gasteiger partial charge in [0.2, 0.25) is 11.8 Å². The molecule has 1 heterocycles. The van der Waals surface area contributed by atoms with E-state index in [1.165, 1.54) is 0 Å². The van der Waals surface area contributed by atoms with Crippen LogP contribution in [0.3, 0.4) is 0 Å². The quantitative estimate of drug-likeness (QED) is 0.709. The summed E-state index contributed by atoms with van der Waals surface area (Å²) in [5, 5.41) is 6.37. The Balaban J connectivity index is 1.58. The Hall–Kier alpha value is -2.86. The molecular formula is C23H26ClN3O3. The maximum atomic E-state index is 12.6. The van der Waals surface area contributed by atoms with Gasteiger partial charge in [-0.05, 0) is 49.2 Å². The van der Waals surface area contributed by atoms with Crippen LogP contribution in [-0.4, -0.2) is 30.3 Å². The second-order valence-electron chi connectivity index (χ2n) is 7.59. The summed E-state index contributed by atoms with van der Waals surface area (Å²) in [6.07, 6.45) is 1.02. The minimum Gasteiger partial charge on any atom is -0.352 e. The van der Waals surface area contributed by atoms with Gasteiger partial charge in [-0.3, -0.25) is 14.4 Å². The fourth-order valence-corrected chi connectivity index (χ4v) is 3.53. The van der Waals surface area contributed by atoms with E-state index in [0.29, 0.717) is 29.4 Å². The van der Waals surface area contributed by atoms with E-state index >= 15 is 0 Å². The van der Waals surface area contributed by atoms with Gasteiger partial charge in [0.05, 0.1) is 5.92 Å². The van der Waals surface area contributed by atoms with E-state index in [4.69, 9.17) is 11.6 Å². The van der Waals surface area contributed by atoms with Crippen LogP contribution in [0, 0.1) is 5.92 Å². The van der Waals surface area contributed by atoms with Gasteiger partial charge < -0.3 is 15.5 Å². The highest BCUT2D eigenvalue weighted by molar-refractivity contribution is 6.31. The number of amides is 3. The number of hydrogen-bond donors (Lipinski definition) is 2. The molecule has 0 radical (unpaired) electrons. The van der Waals surface area contributed by atoms with Gasteiger partial charge >= 0.3 is 0 Å². The summed E-state index contributed by atoms with van der Waals surface area (Å²) in [5.74, 6) is -0.826. The van der Waals surface area contributed by atoms with Crippen LogP contribution < -0.4 is 15.5 Å². The van der Waals surface area contributed by atoms with Crippen molar-refractivity contribution < 1.29 is 14.4 Å². The molecule has 2 unspecified atom stereocenters. The molecule has 0 saturated carbocycles. The van der Waals surface area contributed by atoms with Gasteiger partial charge in [0, 0.05) is 41.8 Å². The molecule has 158 valence electrons. The smallest absolute Gasteiger partial charge is 0.251 e. The third-order valence-corrected chi connectivity index (χ3v) is 5.50.